The van der Waals surface area contributed by atoms with E-state index in [4.69, 9.17) is 7.85 Å². The number of H-pyrrole nitrogens is 1. The van der Waals surface area contributed by atoms with Crippen molar-refractivity contribution < 1.29 is 4.79 Å². The van der Waals surface area contributed by atoms with Gasteiger partial charge in [0.1, 0.15) is 12.4 Å². The number of aldehydes is 1. The van der Waals surface area contributed by atoms with E-state index in [9.17, 15) is 4.79 Å². The van der Waals surface area contributed by atoms with E-state index in [-0.39, 0.29) is 5.59 Å². The summed E-state index contributed by atoms with van der Waals surface area (Å²) in [4.78, 5) is 10.1. The SMILES string of the molecule is [B]c1[nH]nc(Br)c1C=O. The Hall–Kier alpha value is -0.575. The Morgan fingerprint density at radius 3 is 2.67 bits per heavy atom. The number of carbonyl (C=O) groups excluding carboxylic acids is 1. The van der Waals surface area contributed by atoms with E-state index in [1.165, 1.54) is 0 Å². The molecule has 0 saturated heterocycles. The predicted molar refractivity (Wildman–Crippen MR) is 37.1 cm³/mol. The number of hydrogen-bond donors (Lipinski definition) is 1. The second kappa shape index (κ2) is 2.35. The Morgan fingerprint density at radius 1 is 1.78 bits per heavy atom. The van der Waals surface area contributed by atoms with Crippen LogP contribution in [-0.4, -0.2) is 24.3 Å². The minimum Gasteiger partial charge on any atom is -0.298 e. The van der Waals surface area contributed by atoms with Gasteiger partial charge in [-0.1, -0.05) is 0 Å². The van der Waals surface area contributed by atoms with E-state index in [0.717, 1.165) is 0 Å². The number of nitrogens with one attached hydrogen (secondary N) is 1. The second-order valence-electron chi connectivity index (χ2n) is 1.46. The van der Waals surface area contributed by atoms with Gasteiger partial charge >= 0.3 is 0 Å². The quantitative estimate of drug-likeness (QED) is 0.485. The van der Waals surface area contributed by atoms with Gasteiger partial charge in [0.2, 0.25) is 0 Å². The van der Waals surface area contributed by atoms with Crippen molar-refractivity contribution in [3.63, 3.8) is 0 Å². The highest BCUT2D eigenvalue weighted by molar-refractivity contribution is 9.10. The fraction of sp³-hybridized carbons (Fsp3) is 0. The molecular formula is C4H2BBrN2O. The molecule has 0 saturated carbocycles. The van der Waals surface area contributed by atoms with Crippen LogP contribution >= 0.6 is 15.9 Å². The predicted octanol–water partition coefficient (Wildman–Crippen LogP) is -0.222. The normalized spacial score (nSPS) is 9.44. The first kappa shape index (κ1) is 6.54. The summed E-state index contributed by atoms with van der Waals surface area (Å²) in [6.45, 7) is 0. The molecule has 0 amide bonds. The lowest BCUT2D eigenvalue weighted by atomic mass is 10.0. The topological polar surface area (TPSA) is 45.8 Å². The summed E-state index contributed by atoms with van der Waals surface area (Å²) in [5.41, 5.74) is 0.659. The third kappa shape index (κ3) is 1.05. The molecule has 0 fully saturated rings. The molecule has 0 aromatic carbocycles. The summed E-state index contributed by atoms with van der Waals surface area (Å²) in [7, 11) is 5.27. The Morgan fingerprint density at radius 2 is 2.44 bits per heavy atom. The third-order valence-electron chi connectivity index (χ3n) is 0.905. The first-order valence-electron chi connectivity index (χ1n) is 2.20. The second-order valence-corrected chi connectivity index (χ2v) is 2.21. The summed E-state index contributed by atoms with van der Waals surface area (Å²) in [6, 6.07) is 0. The molecule has 2 radical (unpaired) electrons. The molecule has 44 valence electrons. The molecule has 1 N–H and O–H groups in total. The molecule has 0 spiro atoms. The van der Waals surface area contributed by atoms with E-state index in [1.807, 2.05) is 0 Å². The summed E-state index contributed by atoms with van der Waals surface area (Å²) >= 11 is 3.02. The van der Waals surface area contributed by atoms with Gasteiger partial charge in [-0.25, -0.2) is 0 Å². The van der Waals surface area contributed by atoms with Gasteiger partial charge < -0.3 is 0 Å². The van der Waals surface area contributed by atoms with Gasteiger partial charge in [-0.15, -0.1) is 0 Å². The lowest BCUT2D eigenvalue weighted by Gasteiger charge is -1.81. The summed E-state index contributed by atoms with van der Waals surface area (Å²) in [5, 5.41) is 6.06. The average Bonchev–Trinajstić information content (AvgIpc) is 2.12. The van der Waals surface area contributed by atoms with Crippen LogP contribution in [0.25, 0.3) is 0 Å². The van der Waals surface area contributed by atoms with Gasteiger partial charge in [0.05, 0.1) is 5.56 Å². The molecule has 0 atom stereocenters. The van der Waals surface area contributed by atoms with Crippen LogP contribution in [0.3, 0.4) is 0 Å². The smallest absolute Gasteiger partial charge is 0.153 e. The molecule has 3 nitrogen and oxygen atoms in total. The number of nitrogens with zero attached hydrogens (tertiary/aromatic N) is 1. The summed E-state index contributed by atoms with van der Waals surface area (Å²) < 4.78 is 0.454. The molecule has 1 aromatic heterocycles. The van der Waals surface area contributed by atoms with Gasteiger partial charge in [0.15, 0.2) is 6.29 Å². The molecular weight excluding hydrogens is 183 g/mol. The summed E-state index contributed by atoms with van der Waals surface area (Å²) in [5.74, 6) is 0. The van der Waals surface area contributed by atoms with E-state index >= 15 is 0 Å². The molecule has 0 aliphatic carbocycles. The van der Waals surface area contributed by atoms with Crippen molar-refractivity contribution >= 4 is 35.7 Å². The van der Waals surface area contributed by atoms with Crippen LogP contribution < -0.4 is 5.59 Å². The maximum atomic E-state index is 10.1. The zero-order valence-electron chi connectivity index (χ0n) is 4.39. The Kier molecular flexibility index (Phi) is 1.71. The van der Waals surface area contributed by atoms with Crippen molar-refractivity contribution in [3.8, 4) is 0 Å². The van der Waals surface area contributed by atoms with E-state index < -0.39 is 0 Å². The number of aromatic amines is 1. The lowest BCUT2D eigenvalue weighted by Crippen LogP contribution is -2.08. The number of rotatable bonds is 1. The highest BCUT2D eigenvalue weighted by Crippen LogP contribution is 2.05. The van der Waals surface area contributed by atoms with E-state index in [1.54, 1.807) is 0 Å². The molecule has 5 heteroatoms. The van der Waals surface area contributed by atoms with Crippen LogP contribution in [0.15, 0.2) is 4.60 Å². The Bertz CT molecular complexity index is 215. The zero-order chi connectivity index (χ0) is 6.85. The van der Waals surface area contributed by atoms with Crippen LogP contribution in [0.4, 0.5) is 0 Å². The fourth-order valence-electron chi connectivity index (χ4n) is 0.453. The molecule has 0 unspecified atom stereocenters. The van der Waals surface area contributed by atoms with Gasteiger partial charge in [-0.3, -0.25) is 9.89 Å². The number of halogens is 1. The molecule has 0 aliphatic rings. The minimum atomic E-state index is 0.289. The van der Waals surface area contributed by atoms with Crippen molar-refractivity contribution in [2.45, 2.75) is 0 Å². The van der Waals surface area contributed by atoms with Crippen LogP contribution in [0, 0.1) is 0 Å². The van der Waals surface area contributed by atoms with E-state index in [0.29, 0.717) is 16.5 Å². The molecule has 0 bridgehead atoms. The first-order chi connectivity index (χ1) is 4.25. The molecule has 9 heavy (non-hydrogen) atoms. The van der Waals surface area contributed by atoms with Crippen molar-refractivity contribution in [1.29, 1.82) is 0 Å². The van der Waals surface area contributed by atoms with Gasteiger partial charge in [-0.2, -0.15) is 5.10 Å². The monoisotopic (exact) mass is 184 g/mol. The highest BCUT2D eigenvalue weighted by atomic mass is 79.9. The number of carbonyl (C=O) groups is 1. The molecule has 0 aliphatic heterocycles. The van der Waals surface area contributed by atoms with Crippen LogP contribution in [0.1, 0.15) is 10.4 Å². The molecule has 1 rings (SSSR count). The highest BCUT2D eigenvalue weighted by Gasteiger charge is 2.03. The average molecular weight is 185 g/mol. The van der Waals surface area contributed by atoms with Crippen LogP contribution in [0.5, 0.6) is 0 Å². The summed E-state index contributed by atoms with van der Waals surface area (Å²) in [6.07, 6.45) is 0.642. The van der Waals surface area contributed by atoms with Gasteiger partial charge in [0.25, 0.3) is 0 Å². The minimum absolute atomic E-state index is 0.289. The maximum Gasteiger partial charge on any atom is 0.153 e. The third-order valence-corrected chi connectivity index (χ3v) is 1.51. The van der Waals surface area contributed by atoms with Crippen molar-refractivity contribution in [2.75, 3.05) is 0 Å². The number of aromatic nitrogens is 2. The van der Waals surface area contributed by atoms with Crippen molar-refractivity contribution in [2.24, 2.45) is 0 Å². The maximum absolute atomic E-state index is 10.1. The Labute approximate surface area is 61.4 Å². The lowest BCUT2D eigenvalue weighted by molar-refractivity contribution is 0.112. The molecule has 1 aromatic rings. The first-order valence-corrected chi connectivity index (χ1v) is 2.99. The fourth-order valence-corrected chi connectivity index (χ4v) is 0.849. The standard InChI is InChI=1S/C4H2BBrN2O/c5-3-2(1-9)4(6)8-7-3/h1H,(H,7,8). The van der Waals surface area contributed by atoms with Gasteiger partial charge in [0, 0.05) is 0 Å². The van der Waals surface area contributed by atoms with Crippen molar-refractivity contribution in [1.82, 2.24) is 10.2 Å². The largest absolute Gasteiger partial charge is 0.298 e. The zero-order valence-corrected chi connectivity index (χ0v) is 5.97. The van der Waals surface area contributed by atoms with E-state index in [2.05, 4.69) is 26.1 Å². The van der Waals surface area contributed by atoms with Crippen LogP contribution in [0.2, 0.25) is 0 Å². The van der Waals surface area contributed by atoms with Gasteiger partial charge in [-0.05, 0) is 21.5 Å². The van der Waals surface area contributed by atoms with Crippen molar-refractivity contribution in [3.05, 3.63) is 10.2 Å². The van der Waals surface area contributed by atoms with Crippen LogP contribution in [-0.2, 0) is 0 Å². The molecule has 1 heterocycles. The number of hydrogen-bond acceptors (Lipinski definition) is 2. The Balaban J connectivity index is 3.22.